The lowest BCUT2D eigenvalue weighted by atomic mass is 10.1. The highest BCUT2D eigenvalue weighted by atomic mass is 35.5. The van der Waals surface area contributed by atoms with Gasteiger partial charge in [0.1, 0.15) is 5.75 Å². The zero-order valence-corrected chi connectivity index (χ0v) is 18.7. The van der Waals surface area contributed by atoms with E-state index < -0.39 is 22.0 Å². The van der Waals surface area contributed by atoms with Gasteiger partial charge < -0.3 is 9.64 Å². The van der Waals surface area contributed by atoms with Gasteiger partial charge in [-0.05, 0) is 49.2 Å². The smallest absolute Gasteiger partial charge is 0.263 e. The Bertz CT molecular complexity index is 995. The minimum Gasteiger partial charge on any atom is -0.479 e. The summed E-state index contributed by atoms with van der Waals surface area (Å²) < 4.78 is 29.7. The van der Waals surface area contributed by atoms with Crippen molar-refractivity contribution in [1.82, 2.24) is 4.90 Å². The van der Waals surface area contributed by atoms with Gasteiger partial charge in [-0.25, -0.2) is 8.42 Å². The molecular formula is C20H20Cl3NO4S. The molecule has 2 aromatic carbocycles. The number of rotatable bonds is 6. The minimum atomic E-state index is -3.16. The van der Waals surface area contributed by atoms with E-state index in [2.05, 4.69) is 0 Å². The van der Waals surface area contributed by atoms with Gasteiger partial charge in [0.15, 0.2) is 15.9 Å². The maximum atomic E-state index is 13.2. The molecule has 0 radical (unpaired) electrons. The SMILES string of the molecule is C[C@H](Oc1ccc(Cl)cc1Cl)C(=O)N(Cc1ccc(Cl)cc1)[C@H]1CCS(=O)(=O)C1. The molecule has 0 saturated carbocycles. The first-order chi connectivity index (χ1) is 13.6. The van der Waals surface area contributed by atoms with E-state index in [9.17, 15) is 13.2 Å². The first-order valence-electron chi connectivity index (χ1n) is 9.02. The Morgan fingerprint density at radius 2 is 1.79 bits per heavy atom. The van der Waals surface area contributed by atoms with Crippen LogP contribution in [0.15, 0.2) is 42.5 Å². The third-order valence-electron chi connectivity index (χ3n) is 4.74. The second-order valence-electron chi connectivity index (χ2n) is 6.98. The highest BCUT2D eigenvalue weighted by Crippen LogP contribution is 2.29. The van der Waals surface area contributed by atoms with Gasteiger partial charge in [0, 0.05) is 22.6 Å². The molecule has 1 fully saturated rings. The zero-order chi connectivity index (χ0) is 21.2. The number of amides is 1. The molecule has 0 bridgehead atoms. The number of sulfone groups is 1. The molecule has 5 nitrogen and oxygen atoms in total. The predicted molar refractivity (Wildman–Crippen MR) is 116 cm³/mol. The Hall–Kier alpha value is -1.47. The summed E-state index contributed by atoms with van der Waals surface area (Å²) in [5.41, 5.74) is 0.851. The molecule has 1 amide bonds. The minimum absolute atomic E-state index is 0.0548. The first-order valence-corrected chi connectivity index (χ1v) is 12.0. The Labute approximate surface area is 185 Å². The number of ether oxygens (including phenoxy) is 1. The van der Waals surface area contributed by atoms with E-state index in [4.69, 9.17) is 39.5 Å². The number of carbonyl (C=O) groups is 1. The van der Waals surface area contributed by atoms with Crippen LogP contribution in [0.3, 0.4) is 0 Å². The molecule has 0 aliphatic carbocycles. The van der Waals surface area contributed by atoms with Crippen molar-refractivity contribution in [3.05, 3.63) is 63.1 Å². The molecule has 1 aliphatic heterocycles. The third-order valence-corrected chi connectivity index (χ3v) is 7.28. The van der Waals surface area contributed by atoms with Gasteiger partial charge in [-0.1, -0.05) is 46.9 Å². The van der Waals surface area contributed by atoms with Crippen molar-refractivity contribution in [1.29, 1.82) is 0 Å². The molecule has 1 heterocycles. The van der Waals surface area contributed by atoms with Crippen LogP contribution in [-0.2, 0) is 21.2 Å². The monoisotopic (exact) mass is 475 g/mol. The van der Waals surface area contributed by atoms with Gasteiger partial charge in [-0.2, -0.15) is 0 Å². The van der Waals surface area contributed by atoms with E-state index >= 15 is 0 Å². The summed E-state index contributed by atoms with van der Waals surface area (Å²) in [7, 11) is -3.16. The first kappa shape index (κ1) is 22.2. The van der Waals surface area contributed by atoms with Crippen molar-refractivity contribution in [2.75, 3.05) is 11.5 Å². The molecule has 0 spiro atoms. The number of benzene rings is 2. The lowest BCUT2D eigenvalue weighted by Crippen LogP contribution is -2.46. The summed E-state index contributed by atoms with van der Waals surface area (Å²) in [6.07, 6.45) is -0.458. The molecule has 2 atom stereocenters. The van der Waals surface area contributed by atoms with Gasteiger partial charge in [0.2, 0.25) is 0 Å². The Kier molecular flexibility index (Phi) is 6.99. The van der Waals surface area contributed by atoms with Crippen LogP contribution in [0.1, 0.15) is 18.9 Å². The van der Waals surface area contributed by atoms with Crippen LogP contribution in [0, 0.1) is 0 Å². The topological polar surface area (TPSA) is 63.7 Å². The molecule has 29 heavy (non-hydrogen) atoms. The van der Waals surface area contributed by atoms with Gasteiger partial charge >= 0.3 is 0 Å². The number of carbonyl (C=O) groups excluding carboxylic acids is 1. The van der Waals surface area contributed by atoms with Crippen LogP contribution in [0.4, 0.5) is 0 Å². The molecule has 1 saturated heterocycles. The van der Waals surface area contributed by atoms with Crippen LogP contribution in [0.2, 0.25) is 15.1 Å². The normalized spacial score (nSPS) is 19.0. The van der Waals surface area contributed by atoms with Crippen LogP contribution in [0.25, 0.3) is 0 Å². The maximum absolute atomic E-state index is 13.2. The van der Waals surface area contributed by atoms with Gasteiger partial charge in [-0.15, -0.1) is 0 Å². The van der Waals surface area contributed by atoms with Gasteiger partial charge in [-0.3, -0.25) is 4.79 Å². The molecule has 0 unspecified atom stereocenters. The summed E-state index contributed by atoms with van der Waals surface area (Å²) in [5.74, 6) is 0.0385. The summed E-state index contributed by atoms with van der Waals surface area (Å²) in [6, 6.07) is 11.4. The van der Waals surface area contributed by atoms with Crippen molar-refractivity contribution in [3.63, 3.8) is 0 Å². The van der Waals surface area contributed by atoms with E-state index in [1.54, 1.807) is 36.1 Å². The molecule has 0 N–H and O–H groups in total. The Morgan fingerprint density at radius 1 is 1.14 bits per heavy atom. The van der Waals surface area contributed by atoms with Crippen molar-refractivity contribution < 1.29 is 17.9 Å². The summed E-state index contributed by atoms with van der Waals surface area (Å²) in [4.78, 5) is 14.8. The largest absolute Gasteiger partial charge is 0.479 e. The van der Waals surface area contributed by atoms with E-state index in [0.717, 1.165) is 5.56 Å². The van der Waals surface area contributed by atoms with E-state index in [-0.39, 0.29) is 24.0 Å². The van der Waals surface area contributed by atoms with Crippen LogP contribution >= 0.6 is 34.8 Å². The average molecular weight is 477 g/mol. The zero-order valence-electron chi connectivity index (χ0n) is 15.6. The summed E-state index contributed by atoms with van der Waals surface area (Å²) >= 11 is 18.0. The lowest BCUT2D eigenvalue weighted by molar-refractivity contribution is -0.140. The Balaban J connectivity index is 1.81. The molecule has 0 aromatic heterocycles. The third kappa shape index (κ3) is 5.79. The van der Waals surface area contributed by atoms with Crippen molar-refractivity contribution in [2.45, 2.75) is 32.0 Å². The molecule has 1 aliphatic rings. The van der Waals surface area contributed by atoms with Crippen molar-refractivity contribution in [2.24, 2.45) is 0 Å². The molecule has 9 heteroatoms. The van der Waals surface area contributed by atoms with E-state index in [1.807, 2.05) is 12.1 Å². The second-order valence-corrected chi connectivity index (χ2v) is 10.5. The fourth-order valence-corrected chi connectivity index (χ4v) is 5.55. The summed E-state index contributed by atoms with van der Waals surface area (Å²) in [5, 5.41) is 1.34. The molecule has 156 valence electrons. The standard InChI is InChI=1S/C20H20Cl3NO4S/c1-13(28-19-7-6-16(22)10-18(19)23)20(25)24(17-8-9-29(26,27)12-17)11-14-2-4-15(21)5-3-14/h2-7,10,13,17H,8-9,11-12H2,1H3/t13-,17-/m0/s1. The van der Waals surface area contributed by atoms with E-state index in [0.29, 0.717) is 27.2 Å². The highest BCUT2D eigenvalue weighted by Gasteiger charge is 2.36. The summed E-state index contributed by atoms with van der Waals surface area (Å²) in [6.45, 7) is 1.88. The number of hydrogen-bond donors (Lipinski definition) is 0. The lowest BCUT2D eigenvalue weighted by Gasteiger charge is -2.31. The fraction of sp³-hybridized carbons (Fsp3) is 0.350. The van der Waals surface area contributed by atoms with Gasteiger partial charge in [0.25, 0.3) is 5.91 Å². The van der Waals surface area contributed by atoms with Crippen LogP contribution in [-0.4, -0.2) is 42.9 Å². The molecular weight excluding hydrogens is 457 g/mol. The number of hydrogen-bond acceptors (Lipinski definition) is 4. The number of nitrogens with zero attached hydrogens (tertiary/aromatic N) is 1. The molecule has 2 aromatic rings. The van der Waals surface area contributed by atoms with Crippen molar-refractivity contribution in [3.8, 4) is 5.75 Å². The van der Waals surface area contributed by atoms with Crippen molar-refractivity contribution >= 4 is 50.5 Å². The number of halogens is 3. The second kappa shape index (κ2) is 9.13. The van der Waals surface area contributed by atoms with Crippen LogP contribution < -0.4 is 4.74 Å². The predicted octanol–water partition coefficient (Wildman–Crippen LogP) is 4.63. The van der Waals surface area contributed by atoms with Crippen LogP contribution in [0.5, 0.6) is 5.75 Å². The quantitative estimate of drug-likeness (QED) is 0.610. The van der Waals surface area contributed by atoms with Gasteiger partial charge in [0.05, 0.1) is 16.5 Å². The average Bonchev–Trinajstić information content (AvgIpc) is 3.02. The Morgan fingerprint density at radius 3 is 2.38 bits per heavy atom. The highest BCUT2D eigenvalue weighted by molar-refractivity contribution is 7.91. The van der Waals surface area contributed by atoms with E-state index in [1.165, 1.54) is 6.07 Å². The maximum Gasteiger partial charge on any atom is 0.263 e. The fourth-order valence-electron chi connectivity index (χ4n) is 3.24. The molecule has 3 rings (SSSR count).